The second kappa shape index (κ2) is 6.54. The van der Waals surface area contributed by atoms with Crippen molar-refractivity contribution in [2.24, 2.45) is 0 Å². The molecule has 2 aromatic rings. The minimum absolute atomic E-state index is 0.0197. The number of carbonyl (C=O) groups excluding carboxylic acids is 2. The molecule has 0 aliphatic heterocycles. The molecule has 1 N–H and O–H groups in total. The fourth-order valence-corrected chi connectivity index (χ4v) is 2.47. The molecule has 0 aliphatic carbocycles. The first-order valence-corrected chi connectivity index (χ1v) is 7.77. The molecule has 1 heterocycles. The van der Waals surface area contributed by atoms with Gasteiger partial charge >= 0.3 is 0 Å². The van der Waals surface area contributed by atoms with Crippen molar-refractivity contribution in [2.75, 3.05) is 27.2 Å². The molecule has 124 valence electrons. The molecule has 23 heavy (non-hydrogen) atoms. The molecular weight excluding hydrogens is 290 g/mol. The number of rotatable bonds is 4. The van der Waals surface area contributed by atoms with Gasteiger partial charge in [0.15, 0.2) is 0 Å². The third-order valence-corrected chi connectivity index (χ3v) is 3.95. The minimum Gasteiger partial charge on any atom is -0.335 e. The van der Waals surface area contributed by atoms with E-state index in [9.17, 15) is 9.59 Å². The molecule has 0 fully saturated rings. The third-order valence-electron chi connectivity index (χ3n) is 3.95. The van der Waals surface area contributed by atoms with E-state index < -0.39 is 0 Å². The van der Waals surface area contributed by atoms with Crippen molar-refractivity contribution in [1.82, 2.24) is 14.8 Å². The van der Waals surface area contributed by atoms with Crippen LogP contribution in [-0.4, -0.2) is 48.5 Å². The van der Waals surface area contributed by atoms with Crippen molar-refractivity contribution < 1.29 is 9.59 Å². The summed E-state index contributed by atoms with van der Waals surface area (Å²) in [4.78, 5) is 25.8. The Morgan fingerprint density at radius 3 is 2.52 bits per heavy atom. The predicted octanol–water partition coefficient (Wildman–Crippen LogP) is 2.26. The summed E-state index contributed by atoms with van der Waals surface area (Å²) in [5, 5.41) is 3.82. The summed E-state index contributed by atoms with van der Waals surface area (Å²) in [5.74, 6) is -0.217. The average molecular weight is 315 g/mol. The number of benzene rings is 1. The Morgan fingerprint density at radius 1 is 1.22 bits per heavy atom. The predicted molar refractivity (Wildman–Crippen MR) is 92.8 cm³/mol. The number of amides is 1. The van der Waals surface area contributed by atoms with Gasteiger partial charge in [-0.25, -0.2) is 0 Å². The fraction of sp³-hybridized carbons (Fsp3) is 0.444. The Balaban J connectivity index is 2.29. The highest BCUT2D eigenvalue weighted by molar-refractivity contribution is 5.95. The van der Waals surface area contributed by atoms with Crippen molar-refractivity contribution >= 4 is 22.7 Å². The highest BCUT2D eigenvalue weighted by Gasteiger charge is 2.18. The van der Waals surface area contributed by atoms with Gasteiger partial charge in [0.1, 0.15) is 6.54 Å². The van der Waals surface area contributed by atoms with E-state index in [0.717, 1.165) is 10.9 Å². The van der Waals surface area contributed by atoms with Crippen LogP contribution >= 0.6 is 0 Å². The van der Waals surface area contributed by atoms with Crippen LogP contribution in [0.4, 0.5) is 0 Å². The molecule has 0 radical (unpaired) electrons. The van der Waals surface area contributed by atoms with Crippen LogP contribution in [-0.2, 0) is 10.2 Å². The van der Waals surface area contributed by atoms with E-state index in [1.54, 1.807) is 24.9 Å². The smallest absolute Gasteiger partial charge is 0.250 e. The second-order valence-electron chi connectivity index (χ2n) is 6.88. The number of likely N-dealkylation sites (N-methyl/N-ethyl adjacent to an activating group) is 2. The molecule has 5 nitrogen and oxygen atoms in total. The molecule has 5 heteroatoms. The maximum absolute atomic E-state index is 12.5. The van der Waals surface area contributed by atoms with Gasteiger partial charge in [-0.15, -0.1) is 0 Å². The summed E-state index contributed by atoms with van der Waals surface area (Å²) in [6.45, 7) is 6.73. The summed E-state index contributed by atoms with van der Waals surface area (Å²) in [6, 6.07) is 8.12. The molecule has 0 bridgehead atoms. The second-order valence-corrected chi connectivity index (χ2v) is 6.88. The van der Waals surface area contributed by atoms with E-state index in [0.29, 0.717) is 0 Å². The van der Waals surface area contributed by atoms with Crippen LogP contribution in [0, 0.1) is 0 Å². The number of nitrogens with zero attached hydrogens (tertiary/aromatic N) is 2. The van der Waals surface area contributed by atoms with Crippen LogP contribution in [0.1, 0.15) is 31.1 Å². The zero-order valence-corrected chi connectivity index (χ0v) is 14.5. The average Bonchev–Trinajstić information content (AvgIpc) is 2.89. The maximum Gasteiger partial charge on any atom is 0.250 e. The molecule has 1 amide bonds. The van der Waals surface area contributed by atoms with E-state index in [2.05, 4.69) is 38.2 Å². The van der Waals surface area contributed by atoms with E-state index >= 15 is 0 Å². The van der Waals surface area contributed by atoms with Crippen LogP contribution in [0.25, 0.3) is 10.9 Å². The van der Waals surface area contributed by atoms with Crippen LogP contribution in [0.3, 0.4) is 0 Å². The largest absolute Gasteiger partial charge is 0.335 e. The van der Waals surface area contributed by atoms with Crippen LogP contribution in [0.5, 0.6) is 0 Å². The summed E-state index contributed by atoms with van der Waals surface area (Å²) < 4.78 is 1.63. The molecule has 0 saturated heterocycles. The number of nitrogens with one attached hydrogen (secondary N) is 1. The van der Waals surface area contributed by atoms with E-state index in [4.69, 9.17) is 0 Å². The van der Waals surface area contributed by atoms with E-state index in [-0.39, 0.29) is 30.3 Å². The summed E-state index contributed by atoms with van der Waals surface area (Å²) in [6.07, 6.45) is 1.77. The third kappa shape index (κ3) is 3.79. The van der Waals surface area contributed by atoms with Crippen molar-refractivity contribution in [3.8, 4) is 0 Å². The molecule has 0 saturated carbocycles. The van der Waals surface area contributed by atoms with Crippen LogP contribution < -0.4 is 5.32 Å². The van der Waals surface area contributed by atoms with Gasteiger partial charge in [-0.2, -0.15) is 0 Å². The standard InChI is InChI=1S/C18H25N3O2/c1-18(2,3)14-7-6-13-8-9-21(15(13)10-14)17(23)12-20(5)16(22)11-19-4/h6-10,19H,11-12H2,1-5H3. The Morgan fingerprint density at radius 2 is 1.91 bits per heavy atom. The summed E-state index contributed by atoms with van der Waals surface area (Å²) >= 11 is 0. The van der Waals surface area contributed by atoms with Gasteiger partial charge in [0, 0.05) is 18.6 Å². The SMILES string of the molecule is CNCC(=O)N(C)CC(=O)n1ccc2ccc(C(C)(C)C)cc21. The van der Waals surface area contributed by atoms with Crippen molar-refractivity contribution in [2.45, 2.75) is 26.2 Å². The number of hydrogen-bond acceptors (Lipinski definition) is 3. The maximum atomic E-state index is 12.5. The van der Waals surface area contributed by atoms with Gasteiger partial charge < -0.3 is 10.2 Å². The lowest BCUT2D eigenvalue weighted by molar-refractivity contribution is -0.128. The first-order chi connectivity index (χ1) is 10.7. The highest BCUT2D eigenvalue weighted by atomic mass is 16.2. The lowest BCUT2D eigenvalue weighted by atomic mass is 9.87. The Hall–Kier alpha value is -2.14. The molecule has 1 aromatic heterocycles. The zero-order valence-electron chi connectivity index (χ0n) is 14.5. The monoisotopic (exact) mass is 315 g/mol. The quantitative estimate of drug-likeness (QED) is 0.941. The van der Waals surface area contributed by atoms with E-state index in [1.165, 1.54) is 10.5 Å². The first kappa shape index (κ1) is 17.2. The number of carbonyl (C=O) groups is 2. The molecule has 0 unspecified atom stereocenters. The lowest BCUT2D eigenvalue weighted by Gasteiger charge is -2.20. The van der Waals surface area contributed by atoms with Crippen molar-refractivity contribution in [3.05, 3.63) is 36.0 Å². The summed E-state index contributed by atoms with van der Waals surface area (Å²) in [7, 11) is 3.35. The molecule has 0 atom stereocenters. The van der Waals surface area contributed by atoms with Crippen molar-refractivity contribution in [1.29, 1.82) is 0 Å². The Kier molecular flexibility index (Phi) is 4.90. The van der Waals surface area contributed by atoms with Gasteiger partial charge in [-0.05, 0) is 30.2 Å². The topological polar surface area (TPSA) is 54.3 Å². The van der Waals surface area contributed by atoms with E-state index in [1.807, 2.05) is 12.1 Å². The normalized spacial score (nSPS) is 11.7. The molecule has 2 rings (SSSR count). The van der Waals surface area contributed by atoms with Crippen LogP contribution in [0.2, 0.25) is 0 Å². The molecule has 0 aliphatic rings. The highest BCUT2D eigenvalue weighted by Crippen LogP contribution is 2.26. The first-order valence-electron chi connectivity index (χ1n) is 7.77. The number of aromatic nitrogens is 1. The molecule has 1 aromatic carbocycles. The number of hydrogen-bond donors (Lipinski definition) is 1. The minimum atomic E-state index is -0.113. The van der Waals surface area contributed by atoms with Gasteiger partial charge in [0.25, 0.3) is 5.91 Å². The van der Waals surface area contributed by atoms with Crippen molar-refractivity contribution in [3.63, 3.8) is 0 Å². The van der Waals surface area contributed by atoms with Gasteiger partial charge in [-0.1, -0.05) is 32.9 Å². The van der Waals surface area contributed by atoms with Gasteiger partial charge in [0.05, 0.1) is 12.1 Å². The Bertz CT molecular complexity index is 725. The molecule has 0 spiro atoms. The fourth-order valence-electron chi connectivity index (χ4n) is 2.47. The van der Waals surface area contributed by atoms with Gasteiger partial charge in [-0.3, -0.25) is 14.2 Å². The number of fused-ring (bicyclic) bond motifs is 1. The van der Waals surface area contributed by atoms with Gasteiger partial charge in [0.2, 0.25) is 5.91 Å². The van der Waals surface area contributed by atoms with Crippen LogP contribution in [0.15, 0.2) is 30.5 Å². The lowest BCUT2D eigenvalue weighted by Crippen LogP contribution is -2.38. The Labute approximate surface area is 137 Å². The zero-order chi connectivity index (χ0) is 17.2. The summed E-state index contributed by atoms with van der Waals surface area (Å²) in [5.41, 5.74) is 2.08. The molecular formula is C18H25N3O2.